The Kier molecular flexibility index (Phi) is 4.57. The van der Waals surface area contributed by atoms with E-state index in [1.54, 1.807) is 0 Å². The van der Waals surface area contributed by atoms with E-state index in [1.165, 1.54) is 24.0 Å². The maximum atomic E-state index is 11.2. The molecule has 0 aliphatic rings. The summed E-state index contributed by atoms with van der Waals surface area (Å²) in [5.74, 6) is 0. The lowest BCUT2D eigenvalue weighted by atomic mass is 10.2. The standard InChI is InChI=1S/C12H12BrN3OS/c1-14-7-8-6-9(13)2-3-10(8)18-12-15-5-4-11(17)16-12/h2-6,14H,7H2,1H3,(H,15,16,17). The number of rotatable bonds is 4. The van der Waals surface area contributed by atoms with Gasteiger partial charge in [-0.05, 0) is 30.8 Å². The van der Waals surface area contributed by atoms with Crippen molar-refractivity contribution in [3.05, 3.63) is 50.9 Å². The van der Waals surface area contributed by atoms with Crippen LogP contribution in [0.5, 0.6) is 0 Å². The average molecular weight is 326 g/mol. The third-order valence-corrected chi connectivity index (χ3v) is 3.76. The molecule has 0 saturated carbocycles. The van der Waals surface area contributed by atoms with Gasteiger partial charge in [-0.1, -0.05) is 27.7 Å². The van der Waals surface area contributed by atoms with Crippen molar-refractivity contribution in [1.29, 1.82) is 0 Å². The number of nitrogens with zero attached hydrogens (tertiary/aromatic N) is 1. The first kappa shape index (κ1) is 13.3. The maximum absolute atomic E-state index is 11.2. The molecular weight excluding hydrogens is 314 g/mol. The second-order valence-corrected chi connectivity index (χ2v) is 5.57. The zero-order valence-electron chi connectivity index (χ0n) is 9.74. The van der Waals surface area contributed by atoms with E-state index in [1.807, 2.05) is 19.2 Å². The van der Waals surface area contributed by atoms with E-state index in [2.05, 4.69) is 37.3 Å². The van der Waals surface area contributed by atoms with Gasteiger partial charge < -0.3 is 10.3 Å². The molecule has 1 heterocycles. The number of nitrogens with one attached hydrogen (secondary N) is 2. The summed E-state index contributed by atoms with van der Waals surface area (Å²) in [6.07, 6.45) is 1.51. The SMILES string of the molecule is CNCc1cc(Br)ccc1Sc1nccc(=O)[nH]1. The number of aromatic nitrogens is 2. The zero-order valence-corrected chi connectivity index (χ0v) is 12.1. The van der Waals surface area contributed by atoms with Crippen LogP contribution in [0.1, 0.15) is 5.56 Å². The molecule has 18 heavy (non-hydrogen) atoms. The Bertz CT molecular complexity index is 600. The summed E-state index contributed by atoms with van der Waals surface area (Å²) < 4.78 is 1.03. The van der Waals surface area contributed by atoms with Gasteiger partial charge in [0.2, 0.25) is 0 Å². The molecule has 6 heteroatoms. The molecule has 0 aliphatic heterocycles. The van der Waals surface area contributed by atoms with E-state index >= 15 is 0 Å². The predicted molar refractivity (Wildman–Crippen MR) is 75.9 cm³/mol. The molecule has 0 radical (unpaired) electrons. The van der Waals surface area contributed by atoms with Gasteiger partial charge >= 0.3 is 0 Å². The summed E-state index contributed by atoms with van der Waals surface area (Å²) in [4.78, 5) is 19.1. The second-order valence-electron chi connectivity index (χ2n) is 3.62. The van der Waals surface area contributed by atoms with Crippen LogP contribution < -0.4 is 10.9 Å². The minimum atomic E-state index is -0.139. The van der Waals surface area contributed by atoms with Crippen molar-refractivity contribution in [3.8, 4) is 0 Å². The van der Waals surface area contributed by atoms with Gasteiger partial charge in [-0.15, -0.1) is 0 Å². The fraction of sp³-hybridized carbons (Fsp3) is 0.167. The Morgan fingerprint density at radius 2 is 2.28 bits per heavy atom. The van der Waals surface area contributed by atoms with Crippen LogP contribution >= 0.6 is 27.7 Å². The quantitative estimate of drug-likeness (QED) is 0.847. The highest BCUT2D eigenvalue weighted by atomic mass is 79.9. The first-order valence-corrected chi connectivity index (χ1v) is 6.96. The predicted octanol–water partition coefficient (Wildman–Crippen LogP) is 2.40. The zero-order chi connectivity index (χ0) is 13.0. The van der Waals surface area contributed by atoms with E-state index in [9.17, 15) is 4.79 Å². The van der Waals surface area contributed by atoms with Gasteiger partial charge in [-0.25, -0.2) is 4.98 Å². The molecule has 0 aliphatic carbocycles. The molecule has 2 rings (SSSR count). The summed E-state index contributed by atoms with van der Waals surface area (Å²) in [6, 6.07) is 7.44. The highest BCUT2D eigenvalue weighted by molar-refractivity contribution is 9.10. The van der Waals surface area contributed by atoms with Crippen LogP contribution in [0.4, 0.5) is 0 Å². The van der Waals surface area contributed by atoms with Gasteiger partial charge in [-0.3, -0.25) is 4.79 Å². The highest BCUT2D eigenvalue weighted by Crippen LogP contribution is 2.29. The lowest BCUT2D eigenvalue weighted by Gasteiger charge is -2.08. The Labute approximate surface area is 117 Å². The van der Waals surface area contributed by atoms with Crippen molar-refractivity contribution >= 4 is 27.7 Å². The first-order valence-electron chi connectivity index (χ1n) is 5.35. The van der Waals surface area contributed by atoms with Crippen molar-refractivity contribution in [2.24, 2.45) is 0 Å². The molecule has 0 saturated heterocycles. The van der Waals surface area contributed by atoms with Crippen molar-refractivity contribution in [3.63, 3.8) is 0 Å². The van der Waals surface area contributed by atoms with E-state index in [0.717, 1.165) is 21.5 Å². The Morgan fingerprint density at radius 3 is 3.00 bits per heavy atom. The molecular formula is C12H12BrN3OS. The summed E-state index contributed by atoms with van der Waals surface area (Å²) in [6.45, 7) is 0.763. The van der Waals surface area contributed by atoms with Crippen molar-refractivity contribution in [1.82, 2.24) is 15.3 Å². The number of benzene rings is 1. The second kappa shape index (κ2) is 6.17. The summed E-state index contributed by atoms with van der Waals surface area (Å²) in [7, 11) is 1.90. The molecule has 1 aromatic carbocycles. The Morgan fingerprint density at radius 1 is 1.44 bits per heavy atom. The van der Waals surface area contributed by atoms with E-state index in [0.29, 0.717) is 5.16 Å². The van der Waals surface area contributed by atoms with Crippen LogP contribution in [-0.4, -0.2) is 17.0 Å². The molecule has 0 atom stereocenters. The monoisotopic (exact) mass is 325 g/mol. The lowest BCUT2D eigenvalue weighted by molar-refractivity contribution is 0.801. The minimum Gasteiger partial charge on any atom is -0.316 e. The van der Waals surface area contributed by atoms with Crippen molar-refractivity contribution in [2.75, 3.05) is 7.05 Å². The smallest absolute Gasteiger partial charge is 0.251 e. The van der Waals surface area contributed by atoms with Crippen LogP contribution in [0.3, 0.4) is 0 Å². The van der Waals surface area contributed by atoms with Crippen LogP contribution in [0.15, 0.2) is 49.8 Å². The molecule has 0 amide bonds. The Hall–Kier alpha value is -1.11. The molecule has 2 aromatic rings. The van der Waals surface area contributed by atoms with Gasteiger partial charge in [0, 0.05) is 28.2 Å². The molecule has 0 spiro atoms. The van der Waals surface area contributed by atoms with E-state index < -0.39 is 0 Å². The number of hydrogen-bond donors (Lipinski definition) is 2. The molecule has 2 N–H and O–H groups in total. The van der Waals surface area contributed by atoms with Gasteiger partial charge in [0.15, 0.2) is 5.16 Å². The van der Waals surface area contributed by atoms with Crippen LogP contribution in [0, 0.1) is 0 Å². The van der Waals surface area contributed by atoms with Gasteiger partial charge in [0.05, 0.1) is 0 Å². The average Bonchev–Trinajstić information content (AvgIpc) is 2.33. The maximum Gasteiger partial charge on any atom is 0.251 e. The van der Waals surface area contributed by atoms with Gasteiger partial charge in [0.25, 0.3) is 5.56 Å². The lowest BCUT2D eigenvalue weighted by Crippen LogP contribution is -2.07. The molecule has 0 bridgehead atoms. The Balaban J connectivity index is 2.30. The van der Waals surface area contributed by atoms with Gasteiger partial charge in [0.1, 0.15) is 0 Å². The summed E-state index contributed by atoms with van der Waals surface area (Å²) in [5.41, 5.74) is 1.02. The number of hydrogen-bond acceptors (Lipinski definition) is 4. The van der Waals surface area contributed by atoms with Crippen molar-refractivity contribution < 1.29 is 0 Å². The molecule has 0 unspecified atom stereocenters. The number of aromatic amines is 1. The normalized spacial score (nSPS) is 10.6. The third-order valence-electron chi connectivity index (χ3n) is 2.24. The highest BCUT2D eigenvalue weighted by Gasteiger charge is 2.06. The summed E-state index contributed by atoms with van der Waals surface area (Å²) in [5, 5.41) is 3.72. The van der Waals surface area contributed by atoms with E-state index in [4.69, 9.17) is 0 Å². The van der Waals surface area contributed by atoms with Crippen LogP contribution in [0.2, 0.25) is 0 Å². The molecule has 0 fully saturated rings. The molecule has 1 aromatic heterocycles. The fourth-order valence-corrected chi connectivity index (χ4v) is 2.76. The fourth-order valence-electron chi connectivity index (χ4n) is 1.48. The third kappa shape index (κ3) is 3.44. The topological polar surface area (TPSA) is 57.8 Å². The molecule has 4 nitrogen and oxygen atoms in total. The van der Waals surface area contributed by atoms with E-state index in [-0.39, 0.29) is 5.56 Å². The van der Waals surface area contributed by atoms with Crippen molar-refractivity contribution in [2.45, 2.75) is 16.6 Å². The van der Waals surface area contributed by atoms with Gasteiger partial charge in [-0.2, -0.15) is 0 Å². The summed E-state index contributed by atoms with van der Waals surface area (Å²) >= 11 is 4.90. The largest absolute Gasteiger partial charge is 0.316 e. The van der Waals surface area contributed by atoms with Crippen LogP contribution in [0.25, 0.3) is 0 Å². The minimum absolute atomic E-state index is 0.139. The first-order chi connectivity index (χ1) is 8.69. The number of H-pyrrole nitrogens is 1. The number of halogens is 1. The molecule has 94 valence electrons. The van der Waals surface area contributed by atoms with Crippen LogP contribution in [-0.2, 0) is 6.54 Å².